The summed E-state index contributed by atoms with van der Waals surface area (Å²) in [4.78, 5) is 0. The maximum atomic E-state index is 2.24. The lowest BCUT2D eigenvalue weighted by atomic mass is 10.1. The van der Waals surface area contributed by atoms with Crippen molar-refractivity contribution in [1.82, 2.24) is 0 Å². The average Bonchev–Trinajstić information content (AvgIpc) is 2.37. The van der Waals surface area contributed by atoms with E-state index in [1.54, 1.807) is 0 Å². The van der Waals surface area contributed by atoms with Crippen molar-refractivity contribution in [3.05, 3.63) is 48.6 Å². The second-order valence-electron chi connectivity index (χ2n) is 7.27. The summed E-state index contributed by atoms with van der Waals surface area (Å²) in [6.07, 6.45) is 19.9. The quantitative estimate of drug-likeness (QED) is 0.320. The van der Waals surface area contributed by atoms with Crippen LogP contribution in [-0.4, -0.2) is 0 Å². The molecule has 0 aromatic rings. The summed E-state index contributed by atoms with van der Waals surface area (Å²) >= 11 is 0. The fraction of sp³-hybridized carbons (Fsp3) is 0.636. The third-order valence-corrected chi connectivity index (χ3v) is 2.66. The summed E-state index contributed by atoms with van der Waals surface area (Å²) in [5.74, 6) is 2.81. The first-order valence-electron chi connectivity index (χ1n) is 8.92. The summed E-state index contributed by atoms with van der Waals surface area (Å²) in [6.45, 7) is 17.6. The number of allylic oxidation sites excluding steroid dienone is 8. The van der Waals surface area contributed by atoms with Gasteiger partial charge in [0, 0.05) is 0 Å². The summed E-state index contributed by atoms with van der Waals surface area (Å²) in [6, 6.07) is 0. The molecular weight excluding hydrogens is 264 g/mol. The molecule has 0 nitrogen and oxygen atoms in total. The van der Waals surface area contributed by atoms with Gasteiger partial charge in [-0.15, -0.1) is 0 Å². The highest BCUT2D eigenvalue weighted by Crippen LogP contribution is 2.00. The molecule has 0 fully saturated rings. The Hall–Kier alpha value is -1.04. The normalized spacial score (nSPS) is 12.9. The Morgan fingerprint density at radius 1 is 0.545 bits per heavy atom. The summed E-state index contributed by atoms with van der Waals surface area (Å²) in [7, 11) is 0. The molecule has 0 atom stereocenters. The molecular formula is C22H40. The molecule has 0 saturated carbocycles. The molecule has 0 heterocycles. The minimum Gasteiger partial charge on any atom is -0.0857 e. The minimum absolute atomic E-state index is 0.665. The second kappa shape index (κ2) is 16.3. The highest BCUT2D eigenvalue weighted by molar-refractivity contribution is 5.03. The molecule has 22 heavy (non-hydrogen) atoms. The molecule has 128 valence electrons. The molecule has 0 rings (SSSR count). The van der Waals surface area contributed by atoms with Crippen molar-refractivity contribution in [2.24, 2.45) is 23.7 Å². The third-order valence-electron chi connectivity index (χ3n) is 2.66. The van der Waals surface area contributed by atoms with Gasteiger partial charge in [0.2, 0.25) is 0 Å². The summed E-state index contributed by atoms with van der Waals surface area (Å²) in [5, 5.41) is 0. The summed E-state index contributed by atoms with van der Waals surface area (Å²) in [5.41, 5.74) is 0. The molecule has 0 amide bonds. The Balaban J connectivity index is 0. The Labute approximate surface area is 141 Å². The summed E-state index contributed by atoms with van der Waals surface area (Å²) < 4.78 is 0. The fourth-order valence-corrected chi connectivity index (χ4v) is 1.50. The van der Waals surface area contributed by atoms with Gasteiger partial charge in [-0.1, -0.05) is 104 Å². The topological polar surface area (TPSA) is 0 Å². The van der Waals surface area contributed by atoms with Crippen molar-refractivity contribution < 1.29 is 0 Å². The van der Waals surface area contributed by atoms with Gasteiger partial charge in [-0.05, 0) is 36.5 Å². The first-order valence-corrected chi connectivity index (χ1v) is 8.92. The van der Waals surface area contributed by atoms with Gasteiger partial charge in [0.05, 0.1) is 0 Å². The van der Waals surface area contributed by atoms with E-state index < -0.39 is 0 Å². The molecule has 0 spiro atoms. The lowest BCUT2D eigenvalue weighted by molar-refractivity contribution is 0.664. The van der Waals surface area contributed by atoms with Crippen molar-refractivity contribution in [3.63, 3.8) is 0 Å². The molecule has 0 bridgehead atoms. The van der Waals surface area contributed by atoms with Gasteiger partial charge in [-0.3, -0.25) is 0 Å². The van der Waals surface area contributed by atoms with Crippen LogP contribution >= 0.6 is 0 Å². The van der Waals surface area contributed by atoms with Crippen LogP contribution in [0.25, 0.3) is 0 Å². The lowest BCUT2D eigenvalue weighted by Crippen LogP contribution is -1.80. The van der Waals surface area contributed by atoms with Crippen LogP contribution in [0.4, 0.5) is 0 Å². The Kier molecular flexibility index (Phi) is 17.2. The van der Waals surface area contributed by atoms with E-state index in [1.807, 2.05) is 0 Å². The van der Waals surface area contributed by atoms with Crippen LogP contribution in [0.15, 0.2) is 48.6 Å². The second-order valence-corrected chi connectivity index (χ2v) is 7.27. The van der Waals surface area contributed by atoms with E-state index in [1.165, 1.54) is 6.42 Å². The van der Waals surface area contributed by atoms with Crippen molar-refractivity contribution in [2.45, 2.75) is 68.2 Å². The van der Waals surface area contributed by atoms with E-state index in [-0.39, 0.29) is 0 Å². The molecule has 0 aliphatic heterocycles. The van der Waals surface area contributed by atoms with Gasteiger partial charge in [-0.25, -0.2) is 0 Å². The van der Waals surface area contributed by atoms with E-state index in [4.69, 9.17) is 0 Å². The largest absolute Gasteiger partial charge is 0.0857 e. The molecule has 0 radical (unpaired) electrons. The van der Waals surface area contributed by atoms with Crippen LogP contribution in [0, 0.1) is 23.7 Å². The maximum Gasteiger partial charge on any atom is -0.0169 e. The standard InChI is InChI=1S/2C11H20/c2*1-10(2)8-6-5-7-9-11(3)4/h6-11H,5H2,1-4H3;5-8,10-11H,9H2,1-4H3/b8-6+,9-7+;7-5+,8-6+. The van der Waals surface area contributed by atoms with E-state index in [0.717, 1.165) is 12.3 Å². The van der Waals surface area contributed by atoms with Gasteiger partial charge >= 0.3 is 0 Å². The average molecular weight is 305 g/mol. The van der Waals surface area contributed by atoms with E-state index in [9.17, 15) is 0 Å². The fourth-order valence-electron chi connectivity index (χ4n) is 1.50. The number of rotatable bonds is 8. The third kappa shape index (κ3) is 27.3. The highest BCUT2D eigenvalue weighted by atomic mass is 13.9. The molecule has 0 aromatic carbocycles. The zero-order chi connectivity index (χ0) is 17.4. The van der Waals surface area contributed by atoms with E-state index >= 15 is 0 Å². The molecule has 0 aromatic heterocycles. The first kappa shape index (κ1) is 23.2. The number of hydrogen-bond acceptors (Lipinski definition) is 0. The molecule has 0 unspecified atom stereocenters. The molecule has 0 heteroatoms. The van der Waals surface area contributed by atoms with Gasteiger partial charge in [0.25, 0.3) is 0 Å². The first-order chi connectivity index (χ1) is 10.3. The van der Waals surface area contributed by atoms with Crippen LogP contribution in [0.1, 0.15) is 68.2 Å². The van der Waals surface area contributed by atoms with Crippen LogP contribution < -0.4 is 0 Å². The lowest BCUT2D eigenvalue weighted by Gasteiger charge is -1.95. The van der Waals surface area contributed by atoms with Crippen molar-refractivity contribution in [2.75, 3.05) is 0 Å². The Morgan fingerprint density at radius 2 is 1.00 bits per heavy atom. The molecule has 0 N–H and O–H groups in total. The zero-order valence-electron chi connectivity index (χ0n) is 16.3. The van der Waals surface area contributed by atoms with Crippen LogP contribution in [0.5, 0.6) is 0 Å². The van der Waals surface area contributed by atoms with Crippen molar-refractivity contribution >= 4 is 0 Å². The molecule has 0 saturated heterocycles. The van der Waals surface area contributed by atoms with Crippen LogP contribution in [0.2, 0.25) is 0 Å². The zero-order valence-corrected chi connectivity index (χ0v) is 16.3. The van der Waals surface area contributed by atoms with Crippen LogP contribution in [-0.2, 0) is 0 Å². The van der Waals surface area contributed by atoms with Gasteiger partial charge in [0.1, 0.15) is 0 Å². The number of hydrogen-bond donors (Lipinski definition) is 0. The Morgan fingerprint density at radius 3 is 1.36 bits per heavy atom. The predicted octanol–water partition coefficient (Wildman–Crippen LogP) is 7.60. The predicted molar refractivity (Wildman–Crippen MR) is 105 cm³/mol. The molecule has 0 aliphatic rings. The van der Waals surface area contributed by atoms with E-state index in [2.05, 4.69) is 104 Å². The minimum atomic E-state index is 0.665. The van der Waals surface area contributed by atoms with Crippen molar-refractivity contribution in [3.8, 4) is 0 Å². The smallest absolute Gasteiger partial charge is 0.0169 e. The van der Waals surface area contributed by atoms with Gasteiger partial charge < -0.3 is 0 Å². The van der Waals surface area contributed by atoms with E-state index in [0.29, 0.717) is 17.8 Å². The highest BCUT2D eigenvalue weighted by Gasteiger charge is 1.85. The Bertz CT molecular complexity index is 306. The monoisotopic (exact) mass is 304 g/mol. The van der Waals surface area contributed by atoms with Gasteiger partial charge in [0.15, 0.2) is 0 Å². The molecule has 0 aliphatic carbocycles. The van der Waals surface area contributed by atoms with Gasteiger partial charge in [-0.2, -0.15) is 0 Å². The van der Waals surface area contributed by atoms with Crippen LogP contribution in [0.3, 0.4) is 0 Å². The SMILES string of the molecule is CC(C)/C=C/C/C=C/C(C)C.CC(C)/C=C/C=C/CC(C)C. The maximum absolute atomic E-state index is 2.24. The van der Waals surface area contributed by atoms with Crippen molar-refractivity contribution in [1.29, 1.82) is 0 Å².